The van der Waals surface area contributed by atoms with Crippen LogP contribution in [-0.2, 0) is 16.0 Å². The molecule has 7 nitrogen and oxygen atoms in total. The Morgan fingerprint density at radius 2 is 1.71 bits per heavy atom. The van der Waals surface area contributed by atoms with Gasteiger partial charge in [-0.25, -0.2) is 13.9 Å². The number of methoxy groups -OCH3 is 1. The maximum atomic E-state index is 13.5. The summed E-state index contributed by atoms with van der Waals surface area (Å²) in [6.45, 7) is 4.51. The molecule has 0 fully saturated rings. The van der Waals surface area contributed by atoms with Crippen molar-refractivity contribution in [2.45, 2.75) is 20.4 Å². The molecule has 4 rings (SSSR count). The van der Waals surface area contributed by atoms with Crippen molar-refractivity contribution in [1.82, 2.24) is 14.3 Å². The van der Waals surface area contributed by atoms with Gasteiger partial charge in [0.05, 0.1) is 12.3 Å². The molecule has 0 aliphatic rings. The number of carbonyl (C=O) groups excluding carboxylic acids is 2. The first kappa shape index (κ1) is 24.1. The molecule has 0 atom stereocenters. The van der Waals surface area contributed by atoms with Gasteiger partial charge in [-0.2, -0.15) is 5.10 Å². The lowest BCUT2D eigenvalue weighted by Crippen LogP contribution is -2.15. The number of nitrogens with zero attached hydrogens (tertiary/aromatic N) is 3. The third kappa shape index (κ3) is 5.22. The van der Waals surface area contributed by atoms with Gasteiger partial charge in [-0.1, -0.05) is 18.2 Å². The van der Waals surface area contributed by atoms with Crippen molar-refractivity contribution in [3.63, 3.8) is 0 Å². The number of esters is 1. The summed E-state index contributed by atoms with van der Waals surface area (Å²) in [5.74, 6) is -1.38. The zero-order valence-electron chi connectivity index (χ0n) is 19.8. The van der Waals surface area contributed by atoms with E-state index in [4.69, 9.17) is 9.47 Å². The fourth-order valence-corrected chi connectivity index (χ4v) is 3.95. The molecule has 35 heavy (non-hydrogen) atoms. The molecule has 0 spiro atoms. The molecule has 0 aliphatic carbocycles. The minimum absolute atomic E-state index is 0.179. The molecule has 0 unspecified atom stereocenters. The van der Waals surface area contributed by atoms with E-state index in [1.165, 1.54) is 12.1 Å². The Bertz CT molecular complexity index is 1340. The van der Waals surface area contributed by atoms with Crippen LogP contribution in [0.25, 0.3) is 16.9 Å². The SMILES string of the molecule is COCCn1c(C)cc(C(=O)COC(=O)c2cn(-c3ccccc3)nc2-c2ccc(F)cc2)c1C. The molecule has 8 heteroatoms. The van der Waals surface area contributed by atoms with Gasteiger partial charge >= 0.3 is 5.97 Å². The number of ether oxygens (including phenoxy) is 2. The summed E-state index contributed by atoms with van der Waals surface area (Å²) in [5.41, 5.74) is 4.05. The number of rotatable bonds is 9. The van der Waals surface area contributed by atoms with Gasteiger partial charge in [-0.05, 0) is 56.3 Å². The van der Waals surface area contributed by atoms with E-state index in [0.717, 1.165) is 17.1 Å². The predicted molar refractivity (Wildman–Crippen MR) is 129 cm³/mol. The number of para-hydroxylation sites is 1. The topological polar surface area (TPSA) is 75.3 Å². The molecule has 0 saturated carbocycles. The van der Waals surface area contributed by atoms with Crippen LogP contribution in [0.5, 0.6) is 0 Å². The molecular weight excluding hydrogens is 449 g/mol. The molecule has 2 aromatic heterocycles. The van der Waals surface area contributed by atoms with Crippen molar-refractivity contribution in [2.24, 2.45) is 0 Å². The van der Waals surface area contributed by atoms with Crippen molar-refractivity contribution in [2.75, 3.05) is 20.3 Å². The molecule has 2 aromatic carbocycles. The highest BCUT2D eigenvalue weighted by Gasteiger charge is 2.22. The number of ketones is 1. The van der Waals surface area contributed by atoms with Crippen LogP contribution in [0.2, 0.25) is 0 Å². The highest BCUT2D eigenvalue weighted by Crippen LogP contribution is 2.25. The maximum absolute atomic E-state index is 13.5. The third-order valence-electron chi connectivity index (χ3n) is 5.80. The fourth-order valence-electron chi connectivity index (χ4n) is 3.95. The van der Waals surface area contributed by atoms with Gasteiger partial charge in [0.2, 0.25) is 5.78 Å². The van der Waals surface area contributed by atoms with Gasteiger partial charge in [0.15, 0.2) is 6.61 Å². The largest absolute Gasteiger partial charge is 0.454 e. The Kier molecular flexibility index (Phi) is 7.22. The lowest BCUT2D eigenvalue weighted by molar-refractivity contribution is 0.0475. The summed E-state index contributed by atoms with van der Waals surface area (Å²) >= 11 is 0. The first-order valence-corrected chi connectivity index (χ1v) is 11.2. The first-order valence-electron chi connectivity index (χ1n) is 11.2. The van der Waals surface area contributed by atoms with Crippen molar-refractivity contribution < 1.29 is 23.5 Å². The minimum atomic E-state index is -0.687. The van der Waals surface area contributed by atoms with Crippen molar-refractivity contribution in [3.8, 4) is 16.9 Å². The quantitative estimate of drug-likeness (QED) is 0.257. The molecule has 0 radical (unpaired) electrons. The monoisotopic (exact) mass is 475 g/mol. The number of carbonyl (C=O) groups is 2. The van der Waals surface area contributed by atoms with E-state index in [1.54, 1.807) is 36.2 Å². The zero-order chi connectivity index (χ0) is 24.9. The smallest absolute Gasteiger partial charge is 0.342 e. The number of hydrogen-bond acceptors (Lipinski definition) is 5. The number of halogens is 1. The van der Waals surface area contributed by atoms with E-state index in [2.05, 4.69) is 5.10 Å². The maximum Gasteiger partial charge on any atom is 0.342 e. The summed E-state index contributed by atoms with van der Waals surface area (Å²) in [7, 11) is 1.62. The van der Waals surface area contributed by atoms with Crippen LogP contribution in [0.15, 0.2) is 66.9 Å². The van der Waals surface area contributed by atoms with Crippen LogP contribution in [0.4, 0.5) is 4.39 Å². The first-order chi connectivity index (χ1) is 16.9. The molecule has 4 aromatic rings. The van der Waals surface area contributed by atoms with Gasteiger partial charge in [0.25, 0.3) is 0 Å². The van der Waals surface area contributed by atoms with E-state index in [0.29, 0.717) is 30.0 Å². The van der Waals surface area contributed by atoms with Gasteiger partial charge in [0.1, 0.15) is 17.1 Å². The van der Waals surface area contributed by atoms with Gasteiger partial charge in [-0.3, -0.25) is 4.79 Å². The lowest BCUT2D eigenvalue weighted by atomic mass is 10.1. The third-order valence-corrected chi connectivity index (χ3v) is 5.80. The molecule has 0 saturated heterocycles. The number of Topliss-reactive ketones (excluding diaryl/α,β-unsaturated/α-hetero) is 1. The second-order valence-electron chi connectivity index (χ2n) is 8.11. The Morgan fingerprint density at radius 1 is 1.00 bits per heavy atom. The number of aromatic nitrogens is 3. The van der Waals surface area contributed by atoms with E-state index in [9.17, 15) is 14.0 Å². The molecule has 2 heterocycles. The average Bonchev–Trinajstić information content (AvgIpc) is 3.43. The van der Waals surface area contributed by atoms with Gasteiger partial charge in [0, 0.05) is 42.4 Å². The zero-order valence-corrected chi connectivity index (χ0v) is 19.8. The summed E-state index contributed by atoms with van der Waals surface area (Å²) in [5, 5.41) is 4.54. The molecule has 0 aliphatic heterocycles. The molecule has 0 amide bonds. The van der Waals surface area contributed by atoms with E-state index in [1.807, 2.05) is 48.7 Å². The standard InChI is InChI=1S/C27H26FN3O4/c1-18-15-23(19(2)30(18)13-14-34-3)25(32)17-35-27(33)24-16-31(22-7-5-4-6-8-22)29-26(24)20-9-11-21(28)12-10-20/h4-12,15-16H,13-14,17H2,1-3H3. The second-order valence-corrected chi connectivity index (χ2v) is 8.11. The fraction of sp³-hybridized carbons (Fsp3) is 0.222. The van der Waals surface area contributed by atoms with Gasteiger partial charge < -0.3 is 14.0 Å². The Labute approximate surface area is 202 Å². The second kappa shape index (κ2) is 10.5. The highest BCUT2D eigenvalue weighted by molar-refractivity contribution is 6.01. The van der Waals surface area contributed by atoms with E-state index >= 15 is 0 Å². The number of hydrogen-bond donors (Lipinski definition) is 0. The molecule has 0 N–H and O–H groups in total. The summed E-state index contributed by atoms with van der Waals surface area (Å²) in [4.78, 5) is 25.9. The average molecular weight is 476 g/mol. The van der Waals surface area contributed by atoms with Gasteiger partial charge in [-0.15, -0.1) is 0 Å². The predicted octanol–water partition coefficient (Wildman–Crippen LogP) is 4.78. The minimum Gasteiger partial charge on any atom is -0.454 e. The van der Waals surface area contributed by atoms with Crippen LogP contribution in [0.1, 0.15) is 32.1 Å². The lowest BCUT2D eigenvalue weighted by Gasteiger charge is -2.09. The number of aryl methyl sites for hydroxylation is 1. The van der Waals surface area contributed by atoms with Crippen molar-refractivity contribution in [1.29, 1.82) is 0 Å². The highest BCUT2D eigenvalue weighted by atomic mass is 19.1. The van der Waals surface area contributed by atoms with E-state index < -0.39 is 18.4 Å². The van der Waals surface area contributed by atoms with Crippen LogP contribution in [0, 0.1) is 19.7 Å². The summed E-state index contributed by atoms with van der Waals surface area (Å²) < 4.78 is 27.6. The Balaban J connectivity index is 1.58. The number of benzene rings is 2. The van der Waals surface area contributed by atoms with Crippen LogP contribution in [-0.4, -0.2) is 46.4 Å². The van der Waals surface area contributed by atoms with Crippen LogP contribution in [0.3, 0.4) is 0 Å². The normalized spacial score (nSPS) is 11.0. The Hall–Kier alpha value is -4.04. The van der Waals surface area contributed by atoms with Crippen molar-refractivity contribution in [3.05, 3.63) is 95.2 Å². The van der Waals surface area contributed by atoms with Crippen LogP contribution < -0.4 is 0 Å². The molecule has 180 valence electrons. The molecule has 0 bridgehead atoms. The molecular formula is C27H26FN3O4. The Morgan fingerprint density at radius 3 is 2.40 bits per heavy atom. The van der Waals surface area contributed by atoms with Crippen LogP contribution >= 0.6 is 0 Å². The summed E-state index contributed by atoms with van der Waals surface area (Å²) in [6, 6.07) is 16.8. The van der Waals surface area contributed by atoms with E-state index in [-0.39, 0.29) is 11.3 Å². The summed E-state index contributed by atoms with van der Waals surface area (Å²) in [6.07, 6.45) is 1.55. The van der Waals surface area contributed by atoms with Crippen molar-refractivity contribution >= 4 is 11.8 Å².